The van der Waals surface area contributed by atoms with Crippen molar-refractivity contribution in [1.29, 1.82) is 0 Å². The minimum absolute atomic E-state index is 0.298. The van der Waals surface area contributed by atoms with Gasteiger partial charge in [-0.3, -0.25) is 14.8 Å². The van der Waals surface area contributed by atoms with E-state index in [0.29, 0.717) is 23.4 Å². The fourth-order valence-corrected chi connectivity index (χ4v) is 1.67. The summed E-state index contributed by atoms with van der Waals surface area (Å²) in [6.45, 7) is 1.87. The van der Waals surface area contributed by atoms with Crippen molar-refractivity contribution in [3.05, 3.63) is 46.3 Å². The highest BCUT2D eigenvalue weighted by atomic mass is 16.4. The number of aromatic amines is 1. The first-order valence-electron chi connectivity index (χ1n) is 5.39. The molecule has 0 aliphatic rings. The number of carboxylic acid groups (broad SMARTS) is 1. The smallest absolute Gasteiger partial charge is 0.341 e. The standard InChI is InChI=1S/C12H11N3O3/c1-2-9-7(10-6-13-3-4-14-10)5-8(12(17)18)11(16)15-9/h3-6H,2H2,1H3,(H,15,16)(H,17,18). The molecule has 92 valence electrons. The summed E-state index contributed by atoms with van der Waals surface area (Å²) in [5, 5.41) is 8.94. The summed E-state index contributed by atoms with van der Waals surface area (Å²) in [4.78, 5) is 33.1. The van der Waals surface area contributed by atoms with Crippen LogP contribution in [0.25, 0.3) is 11.3 Å². The van der Waals surface area contributed by atoms with E-state index in [9.17, 15) is 9.59 Å². The van der Waals surface area contributed by atoms with Gasteiger partial charge in [0.2, 0.25) is 0 Å². The second kappa shape index (κ2) is 4.79. The van der Waals surface area contributed by atoms with Crippen LogP contribution in [0.3, 0.4) is 0 Å². The number of aryl methyl sites for hydroxylation is 1. The second-order valence-corrected chi connectivity index (χ2v) is 3.65. The third-order valence-electron chi connectivity index (χ3n) is 2.55. The Bertz CT molecular complexity index is 635. The SMILES string of the molecule is CCc1[nH]c(=O)c(C(=O)O)cc1-c1cnccn1. The van der Waals surface area contributed by atoms with Crippen molar-refractivity contribution in [1.82, 2.24) is 15.0 Å². The molecule has 2 N–H and O–H groups in total. The average molecular weight is 245 g/mol. The van der Waals surface area contributed by atoms with Crippen molar-refractivity contribution in [2.45, 2.75) is 13.3 Å². The Labute approximate surface area is 102 Å². The van der Waals surface area contributed by atoms with Crippen LogP contribution in [-0.2, 0) is 6.42 Å². The molecule has 2 aromatic rings. The fourth-order valence-electron chi connectivity index (χ4n) is 1.67. The van der Waals surface area contributed by atoms with E-state index >= 15 is 0 Å². The summed E-state index contributed by atoms with van der Waals surface area (Å²) in [5.74, 6) is -1.26. The van der Waals surface area contributed by atoms with Crippen LogP contribution < -0.4 is 5.56 Å². The van der Waals surface area contributed by atoms with Crippen LogP contribution in [0.5, 0.6) is 0 Å². The van der Waals surface area contributed by atoms with E-state index in [1.807, 2.05) is 6.92 Å². The van der Waals surface area contributed by atoms with Crippen molar-refractivity contribution in [3.63, 3.8) is 0 Å². The van der Waals surface area contributed by atoms with Crippen molar-refractivity contribution in [3.8, 4) is 11.3 Å². The van der Waals surface area contributed by atoms with Crippen LogP contribution in [0.4, 0.5) is 0 Å². The zero-order valence-corrected chi connectivity index (χ0v) is 9.67. The quantitative estimate of drug-likeness (QED) is 0.843. The number of nitrogens with zero attached hydrogens (tertiary/aromatic N) is 2. The molecule has 2 heterocycles. The summed E-state index contributed by atoms with van der Waals surface area (Å²) < 4.78 is 0. The maximum absolute atomic E-state index is 11.6. The maximum Gasteiger partial charge on any atom is 0.341 e. The molecule has 0 aliphatic heterocycles. The topological polar surface area (TPSA) is 95.9 Å². The van der Waals surface area contributed by atoms with Crippen molar-refractivity contribution < 1.29 is 9.90 Å². The summed E-state index contributed by atoms with van der Waals surface area (Å²) in [6, 6.07) is 1.34. The fraction of sp³-hybridized carbons (Fsp3) is 0.167. The molecule has 0 fully saturated rings. The number of carbonyl (C=O) groups is 1. The lowest BCUT2D eigenvalue weighted by atomic mass is 10.1. The zero-order valence-electron chi connectivity index (χ0n) is 9.67. The zero-order chi connectivity index (χ0) is 13.1. The van der Waals surface area contributed by atoms with Gasteiger partial charge >= 0.3 is 5.97 Å². The molecule has 0 aromatic carbocycles. The molecule has 6 nitrogen and oxygen atoms in total. The van der Waals surface area contributed by atoms with E-state index < -0.39 is 11.5 Å². The number of aromatic carboxylic acids is 1. The molecule has 0 unspecified atom stereocenters. The summed E-state index contributed by atoms with van der Waals surface area (Å²) in [6.07, 6.45) is 5.14. The van der Waals surface area contributed by atoms with Gasteiger partial charge in [0.05, 0.1) is 11.9 Å². The molecule has 0 atom stereocenters. The Balaban J connectivity index is 2.69. The van der Waals surface area contributed by atoms with Gasteiger partial charge in [-0.25, -0.2) is 4.79 Å². The van der Waals surface area contributed by atoms with E-state index in [2.05, 4.69) is 15.0 Å². The van der Waals surface area contributed by atoms with Crippen molar-refractivity contribution >= 4 is 5.97 Å². The Morgan fingerprint density at radius 1 is 1.44 bits per heavy atom. The van der Waals surface area contributed by atoms with E-state index in [4.69, 9.17) is 5.11 Å². The predicted molar refractivity (Wildman–Crippen MR) is 64.4 cm³/mol. The van der Waals surface area contributed by atoms with E-state index in [-0.39, 0.29) is 5.56 Å². The Morgan fingerprint density at radius 2 is 2.22 bits per heavy atom. The highest BCUT2D eigenvalue weighted by Crippen LogP contribution is 2.19. The third-order valence-corrected chi connectivity index (χ3v) is 2.55. The molecule has 0 aliphatic carbocycles. The lowest BCUT2D eigenvalue weighted by Crippen LogP contribution is -2.19. The van der Waals surface area contributed by atoms with E-state index in [1.54, 1.807) is 0 Å². The summed E-state index contributed by atoms with van der Waals surface area (Å²) in [7, 11) is 0. The predicted octanol–water partition coefficient (Wildman–Crippen LogP) is 1.09. The maximum atomic E-state index is 11.6. The molecule has 6 heteroatoms. The van der Waals surface area contributed by atoms with Crippen LogP contribution >= 0.6 is 0 Å². The molecule has 0 saturated carbocycles. The number of rotatable bonds is 3. The third kappa shape index (κ3) is 2.13. The van der Waals surface area contributed by atoms with E-state index in [0.717, 1.165) is 0 Å². The number of hydrogen-bond donors (Lipinski definition) is 2. The molecule has 0 spiro atoms. The van der Waals surface area contributed by atoms with Crippen molar-refractivity contribution in [2.75, 3.05) is 0 Å². The van der Waals surface area contributed by atoms with Gasteiger partial charge in [-0.1, -0.05) is 6.92 Å². The number of carboxylic acids is 1. The molecule has 2 aromatic heterocycles. The van der Waals surface area contributed by atoms with Crippen LogP contribution in [0, 0.1) is 0 Å². The van der Waals surface area contributed by atoms with Gasteiger partial charge in [-0.05, 0) is 12.5 Å². The molecule has 0 amide bonds. The number of pyridine rings is 1. The number of H-pyrrole nitrogens is 1. The van der Waals surface area contributed by atoms with Gasteiger partial charge in [-0.2, -0.15) is 0 Å². The summed E-state index contributed by atoms with van der Waals surface area (Å²) >= 11 is 0. The monoisotopic (exact) mass is 245 g/mol. The number of nitrogens with one attached hydrogen (secondary N) is 1. The van der Waals surface area contributed by atoms with Gasteiger partial charge < -0.3 is 10.1 Å². The first-order chi connectivity index (χ1) is 8.63. The number of hydrogen-bond acceptors (Lipinski definition) is 4. The second-order valence-electron chi connectivity index (χ2n) is 3.65. The average Bonchev–Trinajstić information content (AvgIpc) is 2.39. The highest BCUT2D eigenvalue weighted by molar-refractivity contribution is 5.88. The van der Waals surface area contributed by atoms with E-state index in [1.165, 1.54) is 24.7 Å². The van der Waals surface area contributed by atoms with Crippen LogP contribution in [0.2, 0.25) is 0 Å². The Morgan fingerprint density at radius 3 is 2.78 bits per heavy atom. The minimum atomic E-state index is -1.26. The molecule has 2 rings (SSSR count). The molecule has 0 bridgehead atoms. The minimum Gasteiger partial charge on any atom is -0.477 e. The number of aromatic nitrogens is 3. The van der Waals surface area contributed by atoms with Gasteiger partial charge in [0.15, 0.2) is 0 Å². The van der Waals surface area contributed by atoms with Gasteiger partial charge in [-0.15, -0.1) is 0 Å². The first kappa shape index (κ1) is 12.0. The molecular weight excluding hydrogens is 234 g/mol. The largest absolute Gasteiger partial charge is 0.477 e. The first-order valence-corrected chi connectivity index (χ1v) is 5.39. The van der Waals surface area contributed by atoms with Crippen LogP contribution in [-0.4, -0.2) is 26.0 Å². The normalized spacial score (nSPS) is 10.3. The Hall–Kier alpha value is -2.50. The highest BCUT2D eigenvalue weighted by Gasteiger charge is 2.14. The Kier molecular flexibility index (Phi) is 3.18. The van der Waals surface area contributed by atoms with Gasteiger partial charge in [0.1, 0.15) is 5.56 Å². The molecule has 18 heavy (non-hydrogen) atoms. The lowest BCUT2D eigenvalue weighted by Gasteiger charge is -2.07. The lowest BCUT2D eigenvalue weighted by molar-refractivity contribution is 0.0695. The van der Waals surface area contributed by atoms with Gasteiger partial charge in [0.25, 0.3) is 5.56 Å². The van der Waals surface area contributed by atoms with Crippen LogP contribution in [0.1, 0.15) is 23.0 Å². The van der Waals surface area contributed by atoms with Gasteiger partial charge in [0, 0.05) is 23.7 Å². The molecule has 0 radical (unpaired) electrons. The van der Waals surface area contributed by atoms with Crippen LogP contribution in [0.15, 0.2) is 29.5 Å². The molecule has 0 saturated heterocycles. The molecular formula is C12H11N3O3. The summed E-state index contributed by atoms with van der Waals surface area (Å²) in [5.41, 5.74) is 0.862. The van der Waals surface area contributed by atoms with Crippen molar-refractivity contribution in [2.24, 2.45) is 0 Å².